The predicted molar refractivity (Wildman–Crippen MR) is 110 cm³/mol. The van der Waals surface area contributed by atoms with Gasteiger partial charge in [0.05, 0.1) is 23.9 Å². The molecule has 8 nitrogen and oxygen atoms in total. The number of nitriles is 1. The highest BCUT2D eigenvalue weighted by Gasteiger charge is 2.35. The average molecular weight is 414 g/mol. The van der Waals surface area contributed by atoms with Crippen molar-refractivity contribution in [1.29, 1.82) is 5.26 Å². The second-order valence-electron chi connectivity index (χ2n) is 7.54. The molecule has 3 N–H and O–H groups in total. The second-order valence-corrected chi connectivity index (χ2v) is 9.28. The third kappa shape index (κ3) is 5.39. The largest absolute Gasteiger partial charge is 0.487 e. The van der Waals surface area contributed by atoms with E-state index >= 15 is 0 Å². The van der Waals surface area contributed by atoms with E-state index in [9.17, 15) is 13.2 Å². The van der Waals surface area contributed by atoms with Crippen LogP contribution in [0.4, 0.5) is 16.2 Å². The van der Waals surface area contributed by atoms with Crippen LogP contribution in [0.5, 0.6) is 5.75 Å². The van der Waals surface area contributed by atoms with Crippen LogP contribution in [0.25, 0.3) is 0 Å². The number of urea groups is 1. The highest BCUT2D eigenvalue weighted by molar-refractivity contribution is 7.92. The minimum atomic E-state index is -3.43. The molecular weight excluding hydrogens is 392 g/mol. The molecule has 0 radical (unpaired) electrons. The number of ether oxygens (including phenoxy) is 1. The zero-order valence-corrected chi connectivity index (χ0v) is 17.1. The molecular formula is C20H22N4O4S. The predicted octanol–water partition coefficient (Wildman–Crippen LogP) is 3.35. The smallest absolute Gasteiger partial charge is 0.319 e. The summed E-state index contributed by atoms with van der Waals surface area (Å²) in [5.41, 5.74) is 1.50. The molecule has 9 heteroatoms. The second kappa shape index (κ2) is 7.64. The number of amides is 2. The first-order valence-corrected chi connectivity index (χ1v) is 10.8. The molecule has 0 aromatic heterocycles. The van der Waals surface area contributed by atoms with Crippen LogP contribution in [0.1, 0.15) is 37.4 Å². The van der Waals surface area contributed by atoms with E-state index < -0.39 is 27.7 Å². The quantitative estimate of drug-likeness (QED) is 0.708. The topological polar surface area (TPSA) is 120 Å². The number of rotatable bonds is 4. The Kier molecular flexibility index (Phi) is 5.40. The number of sulfonamides is 1. The number of carbonyl (C=O) groups is 1. The Hall–Kier alpha value is -3.25. The van der Waals surface area contributed by atoms with Gasteiger partial charge in [0.2, 0.25) is 10.0 Å². The van der Waals surface area contributed by atoms with Gasteiger partial charge in [-0.05, 0) is 50.2 Å². The Balaban J connectivity index is 1.83. The number of nitrogens with one attached hydrogen (secondary N) is 3. The summed E-state index contributed by atoms with van der Waals surface area (Å²) in [7, 11) is -3.43. The van der Waals surface area contributed by atoms with Gasteiger partial charge >= 0.3 is 6.03 Å². The maximum Gasteiger partial charge on any atom is 0.319 e. The fraction of sp³-hybridized carbons (Fsp3) is 0.300. The number of nitrogens with zero attached hydrogens (tertiary/aromatic N) is 1. The monoisotopic (exact) mass is 414 g/mol. The lowest BCUT2D eigenvalue weighted by molar-refractivity contribution is 0.0683. The fourth-order valence-corrected chi connectivity index (χ4v) is 3.81. The summed E-state index contributed by atoms with van der Waals surface area (Å²) in [6.07, 6.45) is 1.57. The number of benzene rings is 2. The first-order valence-electron chi connectivity index (χ1n) is 8.93. The molecule has 1 heterocycles. The van der Waals surface area contributed by atoms with E-state index in [1.807, 2.05) is 19.9 Å². The number of carbonyl (C=O) groups excluding carboxylic acids is 1. The maximum atomic E-state index is 12.6. The van der Waals surface area contributed by atoms with Crippen LogP contribution >= 0.6 is 0 Å². The minimum absolute atomic E-state index is 0.392. The molecule has 1 atom stereocenters. The molecule has 3 rings (SSSR count). The van der Waals surface area contributed by atoms with Crippen molar-refractivity contribution < 1.29 is 17.9 Å². The molecule has 2 aromatic carbocycles. The van der Waals surface area contributed by atoms with Crippen LogP contribution in [-0.4, -0.2) is 26.3 Å². The molecule has 0 spiro atoms. The summed E-state index contributed by atoms with van der Waals surface area (Å²) in [5, 5.41) is 14.6. The average Bonchev–Trinajstić information content (AvgIpc) is 2.60. The van der Waals surface area contributed by atoms with Crippen LogP contribution < -0.4 is 20.1 Å². The summed E-state index contributed by atoms with van der Waals surface area (Å²) in [5.74, 6) is 0.581. The van der Waals surface area contributed by atoms with Crippen molar-refractivity contribution >= 4 is 27.4 Å². The van der Waals surface area contributed by atoms with Gasteiger partial charge in [0, 0.05) is 23.4 Å². The number of hydrogen-bond donors (Lipinski definition) is 3. The molecule has 2 amide bonds. The van der Waals surface area contributed by atoms with E-state index in [2.05, 4.69) is 15.4 Å². The normalized spacial score (nSPS) is 17.2. The number of hydrogen-bond acceptors (Lipinski definition) is 5. The summed E-state index contributed by atoms with van der Waals surface area (Å²) >= 11 is 0. The van der Waals surface area contributed by atoms with Gasteiger partial charge in [-0.25, -0.2) is 13.2 Å². The van der Waals surface area contributed by atoms with Gasteiger partial charge in [-0.1, -0.05) is 6.07 Å². The minimum Gasteiger partial charge on any atom is -0.487 e. The summed E-state index contributed by atoms with van der Waals surface area (Å²) in [6.45, 7) is 3.84. The van der Waals surface area contributed by atoms with Crippen molar-refractivity contribution in [2.24, 2.45) is 0 Å². The van der Waals surface area contributed by atoms with E-state index in [1.54, 1.807) is 42.5 Å². The lowest BCUT2D eigenvalue weighted by Crippen LogP contribution is -2.42. The molecule has 2 aromatic rings. The van der Waals surface area contributed by atoms with E-state index in [-0.39, 0.29) is 0 Å². The summed E-state index contributed by atoms with van der Waals surface area (Å²) < 4.78 is 31.5. The first-order chi connectivity index (χ1) is 13.5. The Morgan fingerprint density at radius 2 is 1.97 bits per heavy atom. The van der Waals surface area contributed by atoms with Crippen LogP contribution in [0, 0.1) is 11.3 Å². The molecule has 0 fully saturated rings. The molecule has 152 valence electrons. The summed E-state index contributed by atoms with van der Waals surface area (Å²) in [4.78, 5) is 12.6. The van der Waals surface area contributed by atoms with Crippen LogP contribution in [0.2, 0.25) is 0 Å². The van der Waals surface area contributed by atoms with Gasteiger partial charge in [-0.15, -0.1) is 0 Å². The van der Waals surface area contributed by atoms with Crippen molar-refractivity contribution in [1.82, 2.24) is 5.32 Å². The number of anilines is 2. The first kappa shape index (κ1) is 20.5. The van der Waals surface area contributed by atoms with E-state index in [0.29, 0.717) is 34.7 Å². The molecule has 0 saturated carbocycles. The molecule has 1 unspecified atom stereocenters. The lowest BCUT2D eigenvalue weighted by Gasteiger charge is -2.38. The highest BCUT2D eigenvalue weighted by atomic mass is 32.2. The van der Waals surface area contributed by atoms with Crippen molar-refractivity contribution in [3.05, 3.63) is 53.6 Å². The number of fused-ring (bicyclic) bond motifs is 1. The van der Waals surface area contributed by atoms with Gasteiger partial charge in [0.25, 0.3) is 0 Å². The SMILES string of the molecule is CC1(C)CC(NC(=O)Nc2cccc(C#N)c2)c2cc(NS(C)(=O)=O)ccc2O1. The van der Waals surface area contributed by atoms with Crippen LogP contribution in [0.15, 0.2) is 42.5 Å². The van der Waals surface area contributed by atoms with Gasteiger partial charge in [-0.2, -0.15) is 5.26 Å². The van der Waals surface area contributed by atoms with E-state index in [4.69, 9.17) is 10.00 Å². The van der Waals surface area contributed by atoms with Crippen molar-refractivity contribution in [3.8, 4) is 11.8 Å². The molecule has 29 heavy (non-hydrogen) atoms. The van der Waals surface area contributed by atoms with Gasteiger partial charge in [-0.3, -0.25) is 4.72 Å². The molecule has 0 aliphatic carbocycles. The Morgan fingerprint density at radius 1 is 1.21 bits per heavy atom. The van der Waals surface area contributed by atoms with Crippen molar-refractivity contribution in [2.75, 3.05) is 16.3 Å². The van der Waals surface area contributed by atoms with Gasteiger partial charge < -0.3 is 15.4 Å². The third-order valence-corrected chi connectivity index (χ3v) is 4.93. The van der Waals surface area contributed by atoms with Crippen molar-refractivity contribution in [3.63, 3.8) is 0 Å². The zero-order chi connectivity index (χ0) is 21.2. The molecule has 1 aliphatic heterocycles. The lowest BCUT2D eigenvalue weighted by atomic mass is 9.89. The molecule has 1 aliphatic rings. The zero-order valence-electron chi connectivity index (χ0n) is 16.3. The van der Waals surface area contributed by atoms with Crippen LogP contribution in [-0.2, 0) is 10.0 Å². The van der Waals surface area contributed by atoms with E-state index in [0.717, 1.165) is 6.26 Å². The third-order valence-electron chi connectivity index (χ3n) is 4.33. The van der Waals surface area contributed by atoms with Gasteiger partial charge in [0.1, 0.15) is 11.4 Å². The standard InChI is InChI=1S/C20H22N4O4S/c1-20(2)11-17(23-19(25)22-14-6-4-5-13(9-14)12-21)16-10-15(24-29(3,26)27)7-8-18(16)28-20/h4-10,17,24H,11H2,1-3H3,(H2,22,23,25). The highest BCUT2D eigenvalue weighted by Crippen LogP contribution is 2.40. The van der Waals surface area contributed by atoms with E-state index in [1.165, 1.54) is 0 Å². The summed E-state index contributed by atoms with van der Waals surface area (Å²) in [6, 6.07) is 12.8. The van der Waals surface area contributed by atoms with Crippen molar-refractivity contribution in [2.45, 2.75) is 31.9 Å². The van der Waals surface area contributed by atoms with Gasteiger partial charge in [0.15, 0.2) is 0 Å². The Labute approximate surface area is 169 Å². The fourth-order valence-electron chi connectivity index (χ4n) is 3.25. The Bertz CT molecular complexity index is 1090. The molecule has 0 bridgehead atoms. The molecule has 0 saturated heterocycles. The Morgan fingerprint density at radius 3 is 2.66 bits per heavy atom. The van der Waals surface area contributed by atoms with Crippen LogP contribution in [0.3, 0.4) is 0 Å². The maximum absolute atomic E-state index is 12.6.